The van der Waals surface area contributed by atoms with Crippen molar-refractivity contribution in [2.75, 3.05) is 33.7 Å². The van der Waals surface area contributed by atoms with Crippen molar-refractivity contribution >= 4 is 23.0 Å². The molecule has 1 aromatic carbocycles. The Balaban J connectivity index is 1.94. The van der Waals surface area contributed by atoms with Crippen molar-refractivity contribution in [1.29, 1.82) is 0 Å². The van der Waals surface area contributed by atoms with E-state index in [1.54, 1.807) is 18.5 Å². The van der Waals surface area contributed by atoms with Crippen LogP contribution in [-0.4, -0.2) is 53.4 Å². The Morgan fingerprint density at radius 3 is 2.65 bits per heavy atom. The van der Waals surface area contributed by atoms with E-state index < -0.39 is 11.8 Å². The zero-order valence-corrected chi connectivity index (χ0v) is 18.1. The third kappa shape index (κ3) is 4.44. The van der Waals surface area contributed by atoms with Crippen LogP contribution < -0.4 is 10.5 Å². The molecule has 0 spiro atoms. The van der Waals surface area contributed by atoms with E-state index in [1.807, 2.05) is 16.7 Å². The standard InChI is InChI=1S/C21H27N5O5/c1-5-6-10-31-20-24-17(22)16-18(25-20)26(13-23-16)12-14-8-7-9-15(11-14)21(29-3,30-4)19(27)28-2/h7-9,11,13H,5-6,10,12H2,1-4H3,(H2,22,24,25). The lowest BCUT2D eigenvalue weighted by Gasteiger charge is -2.28. The van der Waals surface area contributed by atoms with Crippen LogP contribution in [0.1, 0.15) is 30.9 Å². The number of benzene rings is 1. The quantitative estimate of drug-likeness (QED) is 0.293. The van der Waals surface area contributed by atoms with Crippen LogP contribution in [0.15, 0.2) is 30.6 Å². The molecule has 0 aliphatic rings. The number of methoxy groups -OCH3 is 3. The molecule has 0 aliphatic carbocycles. The third-order valence-electron chi connectivity index (χ3n) is 4.89. The van der Waals surface area contributed by atoms with Gasteiger partial charge in [0.2, 0.25) is 0 Å². The molecule has 2 N–H and O–H groups in total. The monoisotopic (exact) mass is 429 g/mol. The van der Waals surface area contributed by atoms with E-state index in [1.165, 1.54) is 21.3 Å². The van der Waals surface area contributed by atoms with E-state index in [2.05, 4.69) is 21.9 Å². The van der Waals surface area contributed by atoms with Crippen LogP contribution in [0, 0.1) is 0 Å². The summed E-state index contributed by atoms with van der Waals surface area (Å²) in [6, 6.07) is 7.48. The van der Waals surface area contributed by atoms with Crippen molar-refractivity contribution in [2.24, 2.45) is 0 Å². The first kappa shape index (κ1) is 22.4. The number of nitrogen functional groups attached to an aromatic ring is 1. The molecule has 0 amide bonds. The second-order valence-corrected chi connectivity index (χ2v) is 6.85. The molecule has 0 saturated heterocycles. The Bertz CT molecular complexity index is 1050. The second kappa shape index (κ2) is 9.71. The van der Waals surface area contributed by atoms with Gasteiger partial charge in [0.15, 0.2) is 17.0 Å². The summed E-state index contributed by atoms with van der Waals surface area (Å²) < 4.78 is 23.1. The topological polar surface area (TPSA) is 124 Å². The first-order valence-corrected chi connectivity index (χ1v) is 9.88. The Morgan fingerprint density at radius 2 is 1.97 bits per heavy atom. The van der Waals surface area contributed by atoms with Crippen molar-refractivity contribution in [3.05, 3.63) is 41.7 Å². The zero-order valence-electron chi connectivity index (χ0n) is 18.1. The molecule has 3 aromatic rings. The van der Waals surface area contributed by atoms with Crippen LogP contribution in [0.25, 0.3) is 11.2 Å². The van der Waals surface area contributed by atoms with E-state index in [4.69, 9.17) is 24.7 Å². The van der Waals surface area contributed by atoms with Crippen molar-refractivity contribution in [2.45, 2.75) is 32.1 Å². The molecule has 0 aliphatic heterocycles. The molecule has 10 heteroatoms. The number of ether oxygens (including phenoxy) is 4. The number of rotatable bonds is 10. The molecule has 0 radical (unpaired) electrons. The fraction of sp³-hybridized carbons (Fsp3) is 0.429. The number of hydrogen-bond acceptors (Lipinski definition) is 9. The molecular formula is C21H27N5O5. The van der Waals surface area contributed by atoms with E-state index in [0.717, 1.165) is 18.4 Å². The Labute approximate surface area is 180 Å². The maximum atomic E-state index is 12.4. The SMILES string of the molecule is CCCCOc1nc(N)c2ncn(Cc3cccc(C(OC)(OC)C(=O)OC)c3)c2n1. The van der Waals surface area contributed by atoms with Gasteiger partial charge in [-0.15, -0.1) is 0 Å². The van der Waals surface area contributed by atoms with Crippen LogP contribution in [0.5, 0.6) is 6.01 Å². The van der Waals surface area contributed by atoms with Crippen molar-refractivity contribution in [3.63, 3.8) is 0 Å². The maximum absolute atomic E-state index is 12.4. The molecule has 0 saturated carbocycles. The first-order chi connectivity index (χ1) is 15.0. The number of hydrogen-bond donors (Lipinski definition) is 1. The second-order valence-electron chi connectivity index (χ2n) is 6.85. The zero-order chi connectivity index (χ0) is 22.4. The molecule has 0 atom stereocenters. The summed E-state index contributed by atoms with van der Waals surface area (Å²) in [5, 5.41) is 0. The number of carbonyl (C=O) groups excluding carboxylic acids is 1. The highest BCUT2D eigenvalue weighted by molar-refractivity contribution is 5.82. The highest BCUT2D eigenvalue weighted by atomic mass is 16.7. The van der Waals surface area contributed by atoms with Gasteiger partial charge >= 0.3 is 12.0 Å². The molecule has 166 valence electrons. The van der Waals surface area contributed by atoms with E-state index in [9.17, 15) is 4.79 Å². The minimum absolute atomic E-state index is 0.220. The molecule has 10 nitrogen and oxygen atoms in total. The van der Waals surface area contributed by atoms with Gasteiger partial charge in [0.05, 0.1) is 26.6 Å². The van der Waals surface area contributed by atoms with Gasteiger partial charge in [-0.05, 0) is 18.1 Å². The van der Waals surface area contributed by atoms with Crippen LogP contribution >= 0.6 is 0 Å². The van der Waals surface area contributed by atoms with E-state index in [0.29, 0.717) is 29.9 Å². The lowest BCUT2D eigenvalue weighted by Crippen LogP contribution is -2.40. The van der Waals surface area contributed by atoms with Gasteiger partial charge < -0.3 is 29.2 Å². The number of aromatic nitrogens is 4. The van der Waals surface area contributed by atoms with Gasteiger partial charge in [0, 0.05) is 19.8 Å². The molecular weight excluding hydrogens is 402 g/mol. The summed E-state index contributed by atoms with van der Waals surface area (Å²) in [6.07, 6.45) is 3.54. The van der Waals surface area contributed by atoms with Gasteiger partial charge in [-0.1, -0.05) is 31.5 Å². The van der Waals surface area contributed by atoms with Crippen LogP contribution in [-0.2, 0) is 31.3 Å². The number of esters is 1. The van der Waals surface area contributed by atoms with Crippen LogP contribution in [0.4, 0.5) is 5.82 Å². The minimum atomic E-state index is -1.66. The lowest BCUT2D eigenvalue weighted by atomic mass is 10.0. The highest BCUT2D eigenvalue weighted by Gasteiger charge is 2.42. The van der Waals surface area contributed by atoms with Gasteiger partial charge in [-0.2, -0.15) is 9.97 Å². The minimum Gasteiger partial charge on any atom is -0.465 e. The molecule has 2 heterocycles. The van der Waals surface area contributed by atoms with Crippen LogP contribution in [0.3, 0.4) is 0 Å². The van der Waals surface area contributed by atoms with Crippen LogP contribution in [0.2, 0.25) is 0 Å². The molecule has 0 unspecified atom stereocenters. The predicted molar refractivity (Wildman–Crippen MR) is 113 cm³/mol. The Morgan fingerprint density at radius 1 is 1.19 bits per heavy atom. The lowest BCUT2D eigenvalue weighted by molar-refractivity contribution is -0.233. The van der Waals surface area contributed by atoms with Crippen molar-refractivity contribution in [1.82, 2.24) is 19.5 Å². The Hall–Kier alpha value is -3.24. The number of unbranched alkanes of at least 4 members (excludes halogenated alkanes) is 1. The normalized spacial score (nSPS) is 11.6. The molecule has 0 fully saturated rings. The molecule has 31 heavy (non-hydrogen) atoms. The van der Waals surface area contributed by atoms with Gasteiger partial charge in [-0.3, -0.25) is 0 Å². The number of nitrogens with two attached hydrogens (primary N) is 1. The summed E-state index contributed by atoms with van der Waals surface area (Å²) in [7, 11) is 4.05. The van der Waals surface area contributed by atoms with Gasteiger partial charge in [-0.25, -0.2) is 9.78 Å². The fourth-order valence-electron chi connectivity index (χ4n) is 3.24. The molecule has 0 bridgehead atoms. The molecule has 2 aromatic heterocycles. The summed E-state index contributed by atoms with van der Waals surface area (Å²) in [5.74, 6) is -2.06. The number of imidazole rings is 1. The van der Waals surface area contributed by atoms with Gasteiger partial charge in [0.25, 0.3) is 5.79 Å². The summed E-state index contributed by atoms with van der Waals surface area (Å²) in [6.45, 7) is 3.01. The summed E-state index contributed by atoms with van der Waals surface area (Å²) in [5.41, 5.74) is 8.47. The largest absolute Gasteiger partial charge is 0.465 e. The van der Waals surface area contributed by atoms with E-state index >= 15 is 0 Å². The average molecular weight is 429 g/mol. The maximum Gasteiger partial charge on any atom is 0.371 e. The van der Waals surface area contributed by atoms with Crippen molar-refractivity contribution in [3.8, 4) is 6.01 Å². The summed E-state index contributed by atoms with van der Waals surface area (Å²) >= 11 is 0. The fourth-order valence-corrected chi connectivity index (χ4v) is 3.24. The number of anilines is 1. The predicted octanol–water partition coefficient (Wildman–Crippen LogP) is 2.25. The number of fused-ring (bicyclic) bond motifs is 1. The highest BCUT2D eigenvalue weighted by Crippen LogP contribution is 2.29. The summed E-state index contributed by atoms with van der Waals surface area (Å²) in [4.78, 5) is 25.3. The molecule has 3 rings (SSSR count). The van der Waals surface area contributed by atoms with Crippen molar-refractivity contribution < 1.29 is 23.7 Å². The smallest absolute Gasteiger partial charge is 0.371 e. The van der Waals surface area contributed by atoms with Gasteiger partial charge in [0.1, 0.15) is 0 Å². The Kier molecular flexibility index (Phi) is 7.03. The number of carbonyl (C=O) groups is 1. The number of nitrogens with zero attached hydrogens (tertiary/aromatic N) is 4. The third-order valence-corrected chi connectivity index (χ3v) is 4.89. The average Bonchev–Trinajstić information content (AvgIpc) is 3.18. The first-order valence-electron chi connectivity index (χ1n) is 9.88. The van der Waals surface area contributed by atoms with E-state index in [-0.39, 0.29) is 11.8 Å².